The molecule has 0 saturated carbocycles. The van der Waals surface area contributed by atoms with Crippen molar-refractivity contribution in [3.8, 4) is 0 Å². The Labute approximate surface area is 117 Å². The fourth-order valence-corrected chi connectivity index (χ4v) is 2.16. The number of hydrogen-bond donors (Lipinski definition) is 3. The van der Waals surface area contributed by atoms with Gasteiger partial charge in [-0.3, -0.25) is 0 Å². The molecule has 1 aliphatic rings. The zero-order valence-corrected chi connectivity index (χ0v) is 11.5. The summed E-state index contributed by atoms with van der Waals surface area (Å²) in [5.41, 5.74) is 0. The molecule has 7 heteroatoms. The number of ether oxygens (including phenoxy) is 2. The average molecular weight is 285 g/mol. The molecule has 1 fully saturated rings. The minimum atomic E-state index is 0.0223. The van der Waals surface area contributed by atoms with E-state index in [0.29, 0.717) is 24.4 Å². The molecule has 1 unspecified atom stereocenters. The van der Waals surface area contributed by atoms with Crippen molar-refractivity contribution in [1.82, 2.24) is 9.97 Å². The molecule has 1 atom stereocenters. The Kier molecular flexibility index (Phi) is 5.71. The maximum Gasteiger partial charge on any atom is 0.138 e. The maximum absolute atomic E-state index is 8.59. The zero-order chi connectivity index (χ0) is 13.5. The van der Waals surface area contributed by atoms with Gasteiger partial charge in [-0.25, -0.2) is 4.98 Å². The number of rotatable bonds is 7. The number of aliphatic hydroxyl groups is 1. The van der Waals surface area contributed by atoms with Gasteiger partial charge in [0.15, 0.2) is 0 Å². The number of anilines is 1. The van der Waals surface area contributed by atoms with Gasteiger partial charge in [-0.1, -0.05) is 12.2 Å². The Morgan fingerprint density at radius 2 is 2.47 bits per heavy atom. The molecule has 19 heavy (non-hydrogen) atoms. The van der Waals surface area contributed by atoms with Crippen LogP contribution in [-0.4, -0.2) is 48.0 Å². The van der Waals surface area contributed by atoms with Crippen molar-refractivity contribution in [3.63, 3.8) is 0 Å². The summed E-state index contributed by atoms with van der Waals surface area (Å²) in [5, 5.41) is 11.8. The van der Waals surface area contributed by atoms with Crippen LogP contribution in [0.2, 0.25) is 0 Å². The van der Waals surface area contributed by atoms with Crippen molar-refractivity contribution >= 4 is 18.0 Å². The summed E-state index contributed by atoms with van der Waals surface area (Å²) in [5.74, 6) is 1.60. The van der Waals surface area contributed by atoms with Crippen LogP contribution in [-0.2, 0) is 9.47 Å². The normalized spacial score (nSPS) is 18.7. The van der Waals surface area contributed by atoms with Crippen LogP contribution in [0, 0.1) is 4.64 Å². The Balaban J connectivity index is 1.91. The second-order valence-electron chi connectivity index (χ2n) is 4.28. The molecule has 6 nitrogen and oxygen atoms in total. The van der Waals surface area contributed by atoms with E-state index in [0.717, 1.165) is 31.1 Å². The van der Waals surface area contributed by atoms with Crippen LogP contribution in [0.1, 0.15) is 24.8 Å². The minimum Gasteiger partial charge on any atom is -0.394 e. The van der Waals surface area contributed by atoms with E-state index < -0.39 is 0 Å². The molecule has 0 amide bonds. The van der Waals surface area contributed by atoms with E-state index in [-0.39, 0.29) is 12.7 Å². The van der Waals surface area contributed by atoms with E-state index in [9.17, 15) is 0 Å². The molecule has 0 radical (unpaired) electrons. The second-order valence-corrected chi connectivity index (χ2v) is 4.70. The molecule has 3 N–H and O–H groups in total. The van der Waals surface area contributed by atoms with Crippen molar-refractivity contribution in [3.05, 3.63) is 16.5 Å². The largest absolute Gasteiger partial charge is 0.394 e. The Hall–Kier alpha value is -1.02. The van der Waals surface area contributed by atoms with E-state index in [1.165, 1.54) is 0 Å². The van der Waals surface area contributed by atoms with Crippen LogP contribution in [0.4, 0.5) is 5.82 Å². The summed E-state index contributed by atoms with van der Waals surface area (Å²) in [7, 11) is 0. The second kappa shape index (κ2) is 7.54. The van der Waals surface area contributed by atoms with E-state index in [4.69, 9.17) is 26.8 Å². The first kappa shape index (κ1) is 14.4. The molecule has 1 aromatic heterocycles. The molecule has 0 aliphatic carbocycles. The summed E-state index contributed by atoms with van der Waals surface area (Å²) in [6.45, 7) is 2.34. The SMILES string of the molecule is OCCOCCNc1cc(=S)nc(C2CCCO2)[nH]1. The number of hydrogen-bond acceptors (Lipinski definition) is 6. The highest BCUT2D eigenvalue weighted by Crippen LogP contribution is 2.26. The third kappa shape index (κ3) is 4.54. The van der Waals surface area contributed by atoms with Crippen LogP contribution in [0.15, 0.2) is 6.07 Å². The fourth-order valence-electron chi connectivity index (χ4n) is 1.94. The first-order valence-corrected chi connectivity index (χ1v) is 6.86. The predicted molar refractivity (Wildman–Crippen MR) is 73.7 cm³/mol. The molecule has 106 valence electrons. The molecule has 1 aliphatic heterocycles. The summed E-state index contributed by atoms with van der Waals surface area (Å²) in [4.78, 5) is 7.50. The molecule has 0 aromatic carbocycles. The van der Waals surface area contributed by atoms with Crippen LogP contribution in [0.3, 0.4) is 0 Å². The summed E-state index contributed by atoms with van der Waals surface area (Å²) in [6, 6.07) is 1.78. The lowest BCUT2D eigenvalue weighted by Gasteiger charge is -2.12. The number of nitrogens with zero attached hydrogens (tertiary/aromatic N) is 1. The van der Waals surface area contributed by atoms with Crippen molar-refractivity contribution in [2.75, 3.05) is 38.3 Å². The van der Waals surface area contributed by atoms with Gasteiger partial charge in [0.05, 0.1) is 19.8 Å². The highest BCUT2D eigenvalue weighted by atomic mass is 32.1. The number of aromatic amines is 1. The molecular weight excluding hydrogens is 266 g/mol. The van der Waals surface area contributed by atoms with Gasteiger partial charge < -0.3 is 24.9 Å². The molecular formula is C12H19N3O3S. The molecule has 1 aromatic rings. The lowest BCUT2D eigenvalue weighted by atomic mass is 10.2. The lowest BCUT2D eigenvalue weighted by molar-refractivity contribution is 0.0990. The van der Waals surface area contributed by atoms with Gasteiger partial charge in [0.2, 0.25) is 0 Å². The molecule has 2 heterocycles. The fraction of sp³-hybridized carbons (Fsp3) is 0.667. The van der Waals surface area contributed by atoms with Gasteiger partial charge in [-0.15, -0.1) is 0 Å². The third-order valence-corrected chi connectivity index (χ3v) is 3.00. The molecule has 0 spiro atoms. The average Bonchev–Trinajstić information content (AvgIpc) is 2.92. The van der Waals surface area contributed by atoms with Crippen LogP contribution in [0.5, 0.6) is 0 Å². The standard InChI is InChI=1S/C12H19N3O3S/c16-4-7-17-6-3-13-10-8-11(19)15-12(14-10)9-2-1-5-18-9/h8-9,16H,1-7H2,(H2,13,14,15,19). The first-order valence-electron chi connectivity index (χ1n) is 6.45. The van der Waals surface area contributed by atoms with E-state index in [1.54, 1.807) is 6.07 Å². The van der Waals surface area contributed by atoms with Gasteiger partial charge in [0, 0.05) is 19.2 Å². The number of aliphatic hydroxyl groups excluding tert-OH is 1. The molecule has 1 saturated heterocycles. The molecule has 0 bridgehead atoms. The lowest BCUT2D eigenvalue weighted by Crippen LogP contribution is -2.13. The van der Waals surface area contributed by atoms with Gasteiger partial charge >= 0.3 is 0 Å². The number of aromatic nitrogens is 2. The van der Waals surface area contributed by atoms with Crippen molar-refractivity contribution in [1.29, 1.82) is 0 Å². The van der Waals surface area contributed by atoms with Crippen LogP contribution < -0.4 is 5.32 Å². The highest BCUT2D eigenvalue weighted by molar-refractivity contribution is 7.71. The van der Waals surface area contributed by atoms with Gasteiger partial charge in [0.1, 0.15) is 22.4 Å². The first-order chi connectivity index (χ1) is 9.29. The topological polar surface area (TPSA) is 79.4 Å². The summed E-state index contributed by atoms with van der Waals surface area (Å²) >= 11 is 5.15. The van der Waals surface area contributed by atoms with E-state index in [1.807, 2.05) is 0 Å². The zero-order valence-electron chi connectivity index (χ0n) is 10.7. The quantitative estimate of drug-likeness (QED) is 0.519. The number of H-pyrrole nitrogens is 1. The van der Waals surface area contributed by atoms with Crippen LogP contribution >= 0.6 is 12.2 Å². The monoisotopic (exact) mass is 285 g/mol. The highest BCUT2D eigenvalue weighted by Gasteiger charge is 2.19. The molecule has 2 rings (SSSR count). The Morgan fingerprint density at radius 1 is 1.58 bits per heavy atom. The summed E-state index contributed by atoms with van der Waals surface area (Å²) in [6.07, 6.45) is 2.05. The Bertz CT molecular complexity index is 446. The maximum atomic E-state index is 8.59. The van der Waals surface area contributed by atoms with Gasteiger partial charge in [0.25, 0.3) is 0 Å². The van der Waals surface area contributed by atoms with Crippen molar-refractivity contribution < 1.29 is 14.6 Å². The van der Waals surface area contributed by atoms with Gasteiger partial charge in [-0.2, -0.15) is 0 Å². The summed E-state index contributed by atoms with van der Waals surface area (Å²) < 4.78 is 11.3. The van der Waals surface area contributed by atoms with Crippen LogP contribution in [0.25, 0.3) is 0 Å². The van der Waals surface area contributed by atoms with Crippen molar-refractivity contribution in [2.45, 2.75) is 18.9 Å². The van der Waals surface area contributed by atoms with E-state index >= 15 is 0 Å². The van der Waals surface area contributed by atoms with E-state index in [2.05, 4.69) is 15.3 Å². The minimum absolute atomic E-state index is 0.0223. The smallest absolute Gasteiger partial charge is 0.138 e. The Morgan fingerprint density at radius 3 is 3.21 bits per heavy atom. The van der Waals surface area contributed by atoms with Crippen molar-refractivity contribution in [2.24, 2.45) is 0 Å². The predicted octanol–water partition coefficient (Wildman–Crippen LogP) is 1.41. The van der Waals surface area contributed by atoms with Gasteiger partial charge in [-0.05, 0) is 12.8 Å². The third-order valence-electron chi connectivity index (χ3n) is 2.79. The number of nitrogens with one attached hydrogen (secondary N) is 2.